The van der Waals surface area contributed by atoms with Crippen molar-refractivity contribution in [3.05, 3.63) is 28.8 Å². The highest BCUT2D eigenvalue weighted by atomic mass is 32.2. The van der Waals surface area contributed by atoms with Crippen molar-refractivity contribution >= 4 is 10.1 Å². The summed E-state index contributed by atoms with van der Waals surface area (Å²) in [5.41, 5.74) is 3.88. The molecule has 0 spiro atoms. The molecule has 3 saturated carbocycles. The van der Waals surface area contributed by atoms with Gasteiger partial charge >= 0.3 is 10.1 Å². The first-order valence-electron chi connectivity index (χ1n) is 12.1. The normalized spacial score (nSPS) is 23.2. The van der Waals surface area contributed by atoms with E-state index in [0.29, 0.717) is 23.5 Å². The summed E-state index contributed by atoms with van der Waals surface area (Å²) in [5.74, 6) is 2.25. The van der Waals surface area contributed by atoms with Crippen LogP contribution in [0.25, 0.3) is 0 Å². The molecule has 1 aromatic rings. The zero-order valence-corrected chi connectivity index (χ0v) is 18.9. The third-order valence-corrected chi connectivity index (χ3v) is 8.04. The largest absolute Gasteiger partial charge is 0.382 e. The monoisotopic (exact) mass is 418 g/mol. The second-order valence-electron chi connectivity index (χ2n) is 9.82. The molecule has 0 N–H and O–H groups in total. The van der Waals surface area contributed by atoms with E-state index in [1.54, 1.807) is 0 Å². The minimum absolute atomic E-state index is 0.450. The maximum absolute atomic E-state index is 12.2. The quantitative estimate of drug-likeness (QED) is 0.476. The fraction of sp³-hybridized carbons (Fsp3) is 0.760. The van der Waals surface area contributed by atoms with E-state index in [0.717, 1.165) is 0 Å². The lowest BCUT2D eigenvalue weighted by Gasteiger charge is -2.31. The van der Waals surface area contributed by atoms with E-state index in [4.69, 9.17) is 4.18 Å². The second kappa shape index (κ2) is 9.41. The van der Waals surface area contributed by atoms with Crippen LogP contribution in [0, 0.1) is 0 Å². The molecular weight excluding hydrogens is 380 g/mol. The Morgan fingerprint density at radius 1 is 0.655 bits per heavy atom. The highest BCUT2D eigenvalue weighted by Crippen LogP contribution is 2.47. The molecule has 0 radical (unpaired) electrons. The number of benzene rings is 1. The molecule has 0 amide bonds. The molecular formula is C25H38O3S. The van der Waals surface area contributed by atoms with Crippen molar-refractivity contribution in [1.29, 1.82) is 0 Å². The van der Waals surface area contributed by atoms with Crippen LogP contribution >= 0.6 is 0 Å². The predicted octanol–water partition coefficient (Wildman–Crippen LogP) is 7.17. The molecule has 0 heterocycles. The summed E-state index contributed by atoms with van der Waals surface area (Å²) in [4.78, 5) is 0. The summed E-state index contributed by atoms with van der Waals surface area (Å²) < 4.78 is 30.3. The molecule has 162 valence electrons. The van der Waals surface area contributed by atoms with Crippen LogP contribution in [0.15, 0.2) is 12.1 Å². The molecule has 0 aliphatic heterocycles. The molecule has 0 aromatic heterocycles. The van der Waals surface area contributed by atoms with E-state index in [9.17, 15) is 8.42 Å². The molecule has 0 unspecified atom stereocenters. The van der Waals surface area contributed by atoms with Gasteiger partial charge in [-0.2, -0.15) is 8.42 Å². The second-order valence-corrected chi connectivity index (χ2v) is 11.4. The first-order chi connectivity index (χ1) is 14.0. The summed E-state index contributed by atoms with van der Waals surface area (Å²) >= 11 is 0. The van der Waals surface area contributed by atoms with E-state index >= 15 is 0 Å². The fourth-order valence-electron chi connectivity index (χ4n) is 6.05. The van der Waals surface area contributed by atoms with Crippen LogP contribution in [-0.4, -0.2) is 14.7 Å². The van der Waals surface area contributed by atoms with Gasteiger partial charge in [-0.3, -0.25) is 0 Å². The Labute approximate surface area is 177 Å². The molecule has 0 bridgehead atoms. The lowest BCUT2D eigenvalue weighted by molar-refractivity contribution is 0.408. The van der Waals surface area contributed by atoms with Crippen molar-refractivity contribution in [3.63, 3.8) is 0 Å². The minimum atomic E-state index is -3.54. The predicted molar refractivity (Wildman–Crippen MR) is 119 cm³/mol. The van der Waals surface area contributed by atoms with Crippen molar-refractivity contribution in [1.82, 2.24) is 0 Å². The van der Waals surface area contributed by atoms with Gasteiger partial charge in [-0.25, -0.2) is 0 Å². The minimum Gasteiger partial charge on any atom is -0.382 e. The molecule has 3 fully saturated rings. The molecule has 1 aromatic carbocycles. The van der Waals surface area contributed by atoms with Gasteiger partial charge in [0.25, 0.3) is 0 Å². The maximum atomic E-state index is 12.2. The van der Waals surface area contributed by atoms with Gasteiger partial charge in [-0.15, -0.1) is 0 Å². The molecule has 0 saturated heterocycles. The molecule has 4 heteroatoms. The summed E-state index contributed by atoms with van der Waals surface area (Å²) in [6.45, 7) is 0. The van der Waals surface area contributed by atoms with Gasteiger partial charge in [0.1, 0.15) is 5.75 Å². The van der Waals surface area contributed by atoms with Gasteiger partial charge in [0, 0.05) is 0 Å². The first kappa shape index (κ1) is 21.2. The van der Waals surface area contributed by atoms with Crippen molar-refractivity contribution in [3.8, 4) is 5.75 Å². The van der Waals surface area contributed by atoms with Crippen LogP contribution in [0.1, 0.15) is 131 Å². The van der Waals surface area contributed by atoms with Gasteiger partial charge in [0.05, 0.1) is 6.26 Å². The molecule has 0 atom stereocenters. The van der Waals surface area contributed by atoms with Crippen LogP contribution in [0.5, 0.6) is 5.75 Å². The van der Waals surface area contributed by atoms with Gasteiger partial charge in [0.2, 0.25) is 0 Å². The van der Waals surface area contributed by atoms with E-state index in [1.165, 1.54) is 119 Å². The van der Waals surface area contributed by atoms with Gasteiger partial charge < -0.3 is 4.18 Å². The fourth-order valence-corrected chi connectivity index (χ4v) is 6.55. The Bertz CT molecular complexity index is 741. The van der Waals surface area contributed by atoms with Crippen LogP contribution < -0.4 is 4.18 Å². The molecule has 29 heavy (non-hydrogen) atoms. The zero-order valence-electron chi connectivity index (χ0n) is 18.1. The Balaban J connectivity index is 1.81. The third-order valence-electron chi connectivity index (χ3n) is 7.57. The Kier molecular flexibility index (Phi) is 6.88. The lowest BCUT2D eigenvalue weighted by Crippen LogP contribution is -2.17. The van der Waals surface area contributed by atoms with E-state index < -0.39 is 10.1 Å². The molecule has 3 aliphatic carbocycles. The van der Waals surface area contributed by atoms with E-state index in [2.05, 4.69) is 12.1 Å². The molecule has 3 aliphatic rings. The Morgan fingerprint density at radius 2 is 1.03 bits per heavy atom. The highest BCUT2D eigenvalue weighted by Gasteiger charge is 2.30. The summed E-state index contributed by atoms with van der Waals surface area (Å²) in [5, 5.41) is 0. The lowest BCUT2D eigenvalue weighted by atomic mass is 9.75. The SMILES string of the molecule is CS(=O)(=O)Oc1c(C2CCCCC2)cc(C2CCCCC2)cc1C1CCCCC1. The van der Waals surface area contributed by atoms with E-state index in [-0.39, 0.29) is 0 Å². The van der Waals surface area contributed by atoms with Crippen molar-refractivity contribution in [2.75, 3.05) is 6.26 Å². The standard InChI is InChI=1S/C25H38O3S/c1-29(26,27)28-25-23(20-13-7-3-8-14-20)17-22(19-11-5-2-6-12-19)18-24(25)21-15-9-4-10-16-21/h17-21H,2-16H2,1H3. The van der Waals surface area contributed by atoms with Crippen LogP contribution in [0.2, 0.25) is 0 Å². The third kappa shape index (κ3) is 5.37. The first-order valence-corrected chi connectivity index (χ1v) is 13.9. The average molecular weight is 419 g/mol. The highest BCUT2D eigenvalue weighted by molar-refractivity contribution is 7.86. The molecule has 4 rings (SSSR count). The van der Waals surface area contributed by atoms with Crippen molar-refractivity contribution in [2.45, 2.75) is 114 Å². The van der Waals surface area contributed by atoms with Gasteiger partial charge in [-0.1, -0.05) is 69.9 Å². The number of hydrogen-bond donors (Lipinski definition) is 0. The Hall–Kier alpha value is -1.03. The zero-order chi connectivity index (χ0) is 20.3. The summed E-state index contributed by atoms with van der Waals surface area (Å²) in [6.07, 6.45) is 20.0. The smallest absolute Gasteiger partial charge is 0.306 e. The summed E-state index contributed by atoms with van der Waals surface area (Å²) in [7, 11) is -3.54. The van der Waals surface area contributed by atoms with Crippen LogP contribution in [0.3, 0.4) is 0 Å². The topological polar surface area (TPSA) is 43.4 Å². The van der Waals surface area contributed by atoms with Crippen molar-refractivity contribution < 1.29 is 12.6 Å². The number of hydrogen-bond acceptors (Lipinski definition) is 3. The average Bonchev–Trinajstić information content (AvgIpc) is 2.74. The van der Waals surface area contributed by atoms with Gasteiger partial charge in [-0.05, 0) is 73.0 Å². The Morgan fingerprint density at radius 3 is 1.41 bits per heavy atom. The summed E-state index contributed by atoms with van der Waals surface area (Å²) in [6, 6.07) is 4.72. The maximum Gasteiger partial charge on any atom is 0.306 e. The molecule has 3 nitrogen and oxygen atoms in total. The number of rotatable bonds is 5. The van der Waals surface area contributed by atoms with Crippen molar-refractivity contribution in [2.24, 2.45) is 0 Å². The van der Waals surface area contributed by atoms with E-state index in [1.807, 2.05) is 0 Å². The van der Waals surface area contributed by atoms with Crippen LogP contribution in [0.4, 0.5) is 0 Å². The van der Waals surface area contributed by atoms with Crippen LogP contribution in [-0.2, 0) is 10.1 Å². The van der Waals surface area contributed by atoms with Gasteiger partial charge in [0.15, 0.2) is 0 Å².